The average Bonchev–Trinajstić information content (AvgIpc) is 2.41. The number of sulfonamides is 1. The Kier molecular flexibility index (Phi) is 5.09. The Bertz CT molecular complexity index is 746. The lowest BCUT2D eigenvalue weighted by atomic mass is 10.2. The number of aryl methyl sites for hydroxylation is 1. The maximum absolute atomic E-state index is 12.7. The van der Waals surface area contributed by atoms with Gasteiger partial charge in [-0.25, -0.2) is 16.8 Å². The van der Waals surface area contributed by atoms with Crippen molar-refractivity contribution >= 4 is 47.6 Å². The molecule has 1 fully saturated rings. The molecule has 5 nitrogen and oxygen atoms in total. The summed E-state index contributed by atoms with van der Waals surface area (Å²) in [4.78, 5) is 0.128. The molecular weight excluding hydrogens is 398 g/mol. The molecule has 0 spiro atoms. The SMILES string of the molecule is Cc1cc(S(=O)(=O)N2CCSCC2S(C)(=O)=O)ccc1Br. The lowest BCUT2D eigenvalue weighted by molar-refractivity contribution is 0.405. The molecule has 2 rings (SSSR count). The van der Waals surface area contributed by atoms with Crippen molar-refractivity contribution in [1.29, 1.82) is 0 Å². The second-order valence-corrected chi connectivity index (χ2v) is 11.0. The van der Waals surface area contributed by atoms with E-state index in [0.29, 0.717) is 5.75 Å². The quantitative estimate of drug-likeness (QED) is 0.755. The Hall–Kier alpha value is -0.0900. The largest absolute Gasteiger partial charge is 0.244 e. The highest BCUT2D eigenvalue weighted by molar-refractivity contribution is 9.10. The Morgan fingerprint density at radius 3 is 2.52 bits per heavy atom. The summed E-state index contributed by atoms with van der Waals surface area (Å²) < 4.78 is 51.2. The van der Waals surface area contributed by atoms with E-state index in [2.05, 4.69) is 15.9 Å². The van der Waals surface area contributed by atoms with Crippen LogP contribution in [0, 0.1) is 6.92 Å². The number of benzene rings is 1. The Balaban J connectivity index is 2.48. The van der Waals surface area contributed by atoms with Crippen molar-refractivity contribution in [3.63, 3.8) is 0 Å². The van der Waals surface area contributed by atoms with Gasteiger partial charge in [0, 0.05) is 28.8 Å². The fourth-order valence-electron chi connectivity index (χ4n) is 2.09. The first-order valence-corrected chi connectivity index (χ1v) is 11.5. The van der Waals surface area contributed by atoms with Gasteiger partial charge in [-0.3, -0.25) is 0 Å². The molecule has 21 heavy (non-hydrogen) atoms. The van der Waals surface area contributed by atoms with E-state index >= 15 is 0 Å². The number of hydrogen-bond acceptors (Lipinski definition) is 5. The molecule has 0 N–H and O–H groups in total. The smallest absolute Gasteiger partial charge is 0.227 e. The van der Waals surface area contributed by atoms with Crippen LogP contribution in [0.2, 0.25) is 0 Å². The second-order valence-electron chi connectivity index (χ2n) is 4.89. The minimum atomic E-state index is -3.81. The van der Waals surface area contributed by atoms with E-state index in [1.807, 2.05) is 0 Å². The first kappa shape index (κ1) is 17.3. The molecule has 0 aromatic heterocycles. The molecule has 1 atom stereocenters. The van der Waals surface area contributed by atoms with Crippen molar-refractivity contribution in [2.24, 2.45) is 0 Å². The molecule has 1 unspecified atom stereocenters. The molecule has 1 aliphatic heterocycles. The van der Waals surface area contributed by atoms with Gasteiger partial charge in [0.15, 0.2) is 9.84 Å². The van der Waals surface area contributed by atoms with Gasteiger partial charge < -0.3 is 0 Å². The van der Waals surface area contributed by atoms with Crippen molar-refractivity contribution < 1.29 is 16.8 Å². The summed E-state index contributed by atoms with van der Waals surface area (Å²) in [7, 11) is -7.28. The van der Waals surface area contributed by atoms with Crippen LogP contribution in [-0.4, -0.2) is 50.8 Å². The monoisotopic (exact) mass is 413 g/mol. The highest BCUT2D eigenvalue weighted by Crippen LogP contribution is 2.29. The first-order chi connectivity index (χ1) is 9.64. The van der Waals surface area contributed by atoms with Crippen LogP contribution in [0.5, 0.6) is 0 Å². The third-order valence-electron chi connectivity index (χ3n) is 3.27. The highest BCUT2D eigenvalue weighted by Gasteiger charge is 2.39. The average molecular weight is 414 g/mol. The third-order valence-corrected chi connectivity index (χ3v) is 8.84. The fourth-order valence-corrected chi connectivity index (χ4v) is 7.59. The standard InChI is InChI=1S/C12H16BrNO4S3/c1-9-7-10(3-4-11(9)13)21(17,18)14-5-6-19-8-12(14)20(2,15)16/h3-4,7,12H,5-6,8H2,1-2H3. The second kappa shape index (κ2) is 6.19. The summed E-state index contributed by atoms with van der Waals surface area (Å²) >= 11 is 4.79. The molecule has 1 aromatic carbocycles. The molecule has 0 aliphatic carbocycles. The number of rotatable bonds is 3. The fraction of sp³-hybridized carbons (Fsp3) is 0.500. The minimum Gasteiger partial charge on any atom is -0.227 e. The predicted molar refractivity (Wildman–Crippen MR) is 88.7 cm³/mol. The molecule has 0 bridgehead atoms. The topological polar surface area (TPSA) is 71.5 Å². The summed E-state index contributed by atoms with van der Waals surface area (Å²) in [5.74, 6) is 0.869. The molecule has 0 radical (unpaired) electrons. The molecular formula is C12H16BrNO4S3. The van der Waals surface area contributed by atoms with Crippen LogP contribution in [-0.2, 0) is 19.9 Å². The van der Waals surface area contributed by atoms with Crippen LogP contribution >= 0.6 is 27.7 Å². The van der Waals surface area contributed by atoms with Gasteiger partial charge in [0.1, 0.15) is 5.37 Å². The Morgan fingerprint density at radius 1 is 1.29 bits per heavy atom. The van der Waals surface area contributed by atoms with Gasteiger partial charge in [-0.05, 0) is 30.7 Å². The van der Waals surface area contributed by atoms with E-state index in [0.717, 1.165) is 20.6 Å². The van der Waals surface area contributed by atoms with E-state index in [1.165, 1.54) is 17.8 Å². The molecule has 0 saturated carbocycles. The van der Waals surface area contributed by atoms with Crippen molar-refractivity contribution in [1.82, 2.24) is 4.31 Å². The summed E-state index contributed by atoms with van der Waals surface area (Å²) in [6, 6.07) is 4.71. The Labute approximate surface area is 138 Å². The summed E-state index contributed by atoms with van der Waals surface area (Å²) in [5, 5.41) is -0.995. The van der Waals surface area contributed by atoms with Crippen molar-refractivity contribution in [2.45, 2.75) is 17.2 Å². The van der Waals surface area contributed by atoms with E-state index in [4.69, 9.17) is 0 Å². The van der Waals surface area contributed by atoms with Gasteiger partial charge in [-0.2, -0.15) is 16.1 Å². The number of thioether (sulfide) groups is 1. The summed E-state index contributed by atoms with van der Waals surface area (Å²) in [6.45, 7) is 2.00. The zero-order valence-electron chi connectivity index (χ0n) is 11.6. The zero-order chi connectivity index (χ0) is 15.8. The van der Waals surface area contributed by atoms with Gasteiger partial charge in [0.05, 0.1) is 4.90 Å². The Morgan fingerprint density at radius 2 is 1.95 bits per heavy atom. The summed E-state index contributed by atoms with van der Waals surface area (Å²) in [6.07, 6.45) is 1.08. The van der Waals surface area contributed by atoms with Crippen LogP contribution < -0.4 is 0 Å². The number of sulfone groups is 1. The molecule has 9 heteroatoms. The van der Waals surface area contributed by atoms with Gasteiger partial charge in [-0.1, -0.05) is 15.9 Å². The first-order valence-electron chi connectivity index (χ1n) is 6.18. The minimum absolute atomic E-state index is 0.128. The van der Waals surface area contributed by atoms with E-state index in [1.54, 1.807) is 19.1 Å². The number of halogens is 1. The van der Waals surface area contributed by atoms with Gasteiger partial charge in [-0.15, -0.1) is 0 Å². The van der Waals surface area contributed by atoms with Crippen LogP contribution in [0.25, 0.3) is 0 Å². The molecule has 0 amide bonds. The maximum atomic E-state index is 12.7. The molecule has 118 valence electrons. The van der Waals surface area contributed by atoms with E-state index in [9.17, 15) is 16.8 Å². The molecule has 1 aromatic rings. The molecule has 1 heterocycles. The van der Waals surface area contributed by atoms with Gasteiger partial charge in [0.2, 0.25) is 10.0 Å². The van der Waals surface area contributed by atoms with Crippen molar-refractivity contribution in [3.8, 4) is 0 Å². The van der Waals surface area contributed by atoms with Crippen LogP contribution in [0.3, 0.4) is 0 Å². The van der Waals surface area contributed by atoms with Crippen molar-refractivity contribution in [3.05, 3.63) is 28.2 Å². The summed E-state index contributed by atoms with van der Waals surface area (Å²) in [5.41, 5.74) is 0.790. The highest BCUT2D eigenvalue weighted by atomic mass is 79.9. The maximum Gasteiger partial charge on any atom is 0.244 e. The third kappa shape index (κ3) is 3.64. The van der Waals surface area contributed by atoms with E-state index in [-0.39, 0.29) is 17.2 Å². The van der Waals surface area contributed by atoms with Gasteiger partial charge >= 0.3 is 0 Å². The molecule has 1 aliphatic rings. The normalized spacial score (nSPS) is 21.4. The predicted octanol–water partition coefficient (Wildman–Crippen LogP) is 1.87. The zero-order valence-corrected chi connectivity index (χ0v) is 15.6. The number of nitrogens with zero attached hydrogens (tertiary/aromatic N) is 1. The van der Waals surface area contributed by atoms with Crippen LogP contribution in [0.1, 0.15) is 5.56 Å². The van der Waals surface area contributed by atoms with E-state index < -0.39 is 25.2 Å². The van der Waals surface area contributed by atoms with Crippen LogP contribution in [0.4, 0.5) is 0 Å². The lowest BCUT2D eigenvalue weighted by Crippen LogP contribution is -2.49. The van der Waals surface area contributed by atoms with Crippen LogP contribution in [0.15, 0.2) is 27.6 Å². The van der Waals surface area contributed by atoms with Crippen molar-refractivity contribution in [2.75, 3.05) is 24.3 Å². The molecule has 1 saturated heterocycles. The lowest BCUT2D eigenvalue weighted by Gasteiger charge is -2.33. The number of hydrogen-bond donors (Lipinski definition) is 0. The van der Waals surface area contributed by atoms with Gasteiger partial charge in [0.25, 0.3) is 0 Å².